The summed E-state index contributed by atoms with van der Waals surface area (Å²) in [5.41, 5.74) is 0.196. The molecule has 0 amide bonds. The number of ether oxygens (including phenoxy) is 1. The molecule has 8 heteroatoms. The van der Waals surface area contributed by atoms with Gasteiger partial charge < -0.3 is 9.84 Å². The highest BCUT2D eigenvalue weighted by molar-refractivity contribution is 7.89. The van der Waals surface area contributed by atoms with E-state index in [-0.39, 0.29) is 33.2 Å². The third-order valence-electron chi connectivity index (χ3n) is 2.99. The van der Waals surface area contributed by atoms with E-state index < -0.39 is 16.6 Å². The molecule has 1 aromatic rings. The summed E-state index contributed by atoms with van der Waals surface area (Å²) in [6.45, 7) is 1.55. The minimum absolute atomic E-state index is 0.0588. The molecule has 0 aliphatic heterocycles. The second-order valence-corrected chi connectivity index (χ2v) is 7.07. The van der Waals surface area contributed by atoms with Crippen LogP contribution < -0.4 is 0 Å². The van der Waals surface area contributed by atoms with Gasteiger partial charge in [-0.2, -0.15) is 4.31 Å². The molecule has 1 unspecified atom stereocenters. The average Bonchev–Trinajstić information content (AvgIpc) is 2.38. The van der Waals surface area contributed by atoms with Crippen LogP contribution in [0.5, 0.6) is 0 Å². The zero-order chi connectivity index (χ0) is 15.5. The molecule has 0 saturated carbocycles. The van der Waals surface area contributed by atoms with Gasteiger partial charge in [0.15, 0.2) is 0 Å². The Morgan fingerprint density at radius 1 is 1.40 bits per heavy atom. The number of halogens is 2. The summed E-state index contributed by atoms with van der Waals surface area (Å²) in [5.74, 6) is 0. The summed E-state index contributed by atoms with van der Waals surface area (Å²) >= 11 is 11.9. The molecule has 114 valence electrons. The van der Waals surface area contributed by atoms with Crippen LogP contribution in [0.2, 0.25) is 10.0 Å². The third-order valence-corrected chi connectivity index (χ3v) is 5.91. The number of nitrogens with zero attached hydrogens (tertiary/aromatic N) is 1. The van der Waals surface area contributed by atoms with Crippen molar-refractivity contribution in [3.8, 4) is 0 Å². The number of hydrogen-bond donors (Lipinski definition) is 1. The Hall–Kier alpha value is -0.370. The van der Waals surface area contributed by atoms with Gasteiger partial charge in [0.2, 0.25) is 10.0 Å². The van der Waals surface area contributed by atoms with Gasteiger partial charge in [-0.25, -0.2) is 8.42 Å². The smallest absolute Gasteiger partial charge is 0.244 e. The second-order valence-electron chi connectivity index (χ2n) is 4.32. The van der Waals surface area contributed by atoms with Crippen LogP contribution in [0, 0.1) is 0 Å². The second kappa shape index (κ2) is 7.06. The van der Waals surface area contributed by atoms with Crippen molar-refractivity contribution < 1.29 is 18.3 Å². The van der Waals surface area contributed by atoms with Crippen LogP contribution in [0.3, 0.4) is 0 Å². The fraction of sp³-hybridized carbons (Fsp3) is 0.500. The Morgan fingerprint density at radius 2 is 2.00 bits per heavy atom. The van der Waals surface area contributed by atoms with Crippen LogP contribution >= 0.6 is 23.2 Å². The van der Waals surface area contributed by atoms with Crippen molar-refractivity contribution in [1.29, 1.82) is 0 Å². The molecule has 0 saturated heterocycles. The van der Waals surface area contributed by atoms with Gasteiger partial charge >= 0.3 is 0 Å². The molecule has 5 nitrogen and oxygen atoms in total. The van der Waals surface area contributed by atoms with E-state index in [0.717, 1.165) is 0 Å². The maximum absolute atomic E-state index is 12.5. The van der Waals surface area contributed by atoms with Gasteiger partial charge in [-0.15, -0.1) is 0 Å². The molecular formula is C12H17Cl2NO4S. The number of hydrogen-bond acceptors (Lipinski definition) is 4. The molecule has 0 aliphatic carbocycles. The van der Waals surface area contributed by atoms with E-state index in [1.807, 2.05) is 0 Å². The number of sulfonamides is 1. The van der Waals surface area contributed by atoms with Gasteiger partial charge in [0, 0.05) is 30.8 Å². The van der Waals surface area contributed by atoms with Crippen LogP contribution in [-0.2, 0) is 21.4 Å². The number of aliphatic hydroxyl groups excluding tert-OH is 1. The first-order valence-electron chi connectivity index (χ1n) is 5.82. The molecule has 1 rings (SSSR count). The Kier molecular flexibility index (Phi) is 6.25. The van der Waals surface area contributed by atoms with E-state index in [1.54, 1.807) is 6.92 Å². The van der Waals surface area contributed by atoms with Crippen LogP contribution in [0.4, 0.5) is 0 Å². The molecule has 1 atom stereocenters. The number of rotatable bonds is 6. The highest BCUT2D eigenvalue weighted by Crippen LogP contribution is 2.32. The monoisotopic (exact) mass is 341 g/mol. The molecule has 1 N–H and O–H groups in total. The Bertz CT molecular complexity index is 577. The minimum atomic E-state index is -3.79. The van der Waals surface area contributed by atoms with Gasteiger partial charge in [-0.3, -0.25) is 0 Å². The summed E-state index contributed by atoms with van der Waals surface area (Å²) in [7, 11) is -0.846. The van der Waals surface area contributed by atoms with Crippen molar-refractivity contribution in [3.05, 3.63) is 27.7 Å². The van der Waals surface area contributed by atoms with E-state index in [1.165, 1.54) is 30.6 Å². The highest BCUT2D eigenvalue weighted by atomic mass is 35.5. The van der Waals surface area contributed by atoms with Crippen molar-refractivity contribution in [2.24, 2.45) is 0 Å². The molecule has 0 aromatic heterocycles. The summed E-state index contributed by atoms with van der Waals surface area (Å²) in [4.78, 5) is -0.0851. The first-order valence-corrected chi connectivity index (χ1v) is 8.01. The zero-order valence-corrected chi connectivity index (χ0v) is 13.8. The zero-order valence-electron chi connectivity index (χ0n) is 11.4. The lowest BCUT2D eigenvalue weighted by atomic mass is 10.2. The lowest BCUT2D eigenvalue weighted by Gasteiger charge is -2.24. The lowest BCUT2D eigenvalue weighted by Crippen LogP contribution is -2.38. The molecule has 0 radical (unpaired) electrons. The van der Waals surface area contributed by atoms with E-state index >= 15 is 0 Å². The molecule has 0 heterocycles. The van der Waals surface area contributed by atoms with Gasteiger partial charge in [-0.1, -0.05) is 23.2 Å². The van der Waals surface area contributed by atoms with Crippen LogP contribution in [0.25, 0.3) is 0 Å². The quantitative estimate of drug-likeness (QED) is 0.860. The van der Waals surface area contributed by atoms with Crippen LogP contribution in [0.15, 0.2) is 17.0 Å². The molecule has 0 fully saturated rings. The summed E-state index contributed by atoms with van der Waals surface area (Å²) in [5, 5.41) is 9.39. The Balaban J connectivity index is 3.29. The van der Waals surface area contributed by atoms with Crippen molar-refractivity contribution in [3.63, 3.8) is 0 Å². The van der Waals surface area contributed by atoms with Crippen molar-refractivity contribution in [2.45, 2.75) is 24.5 Å². The largest absolute Gasteiger partial charge is 0.392 e. The molecular weight excluding hydrogens is 325 g/mol. The van der Waals surface area contributed by atoms with Crippen LogP contribution in [0.1, 0.15) is 12.5 Å². The number of likely N-dealkylation sites (N-methyl/N-ethyl adjacent to an activating group) is 1. The van der Waals surface area contributed by atoms with Crippen molar-refractivity contribution >= 4 is 33.2 Å². The maximum atomic E-state index is 12.5. The summed E-state index contributed by atoms with van der Waals surface area (Å²) in [6, 6.07) is 2.38. The number of methoxy groups -OCH3 is 1. The Labute approximate surface area is 129 Å². The minimum Gasteiger partial charge on any atom is -0.392 e. The third kappa shape index (κ3) is 3.44. The number of aliphatic hydroxyl groups is 1. The van der Waals surface area contributed by atoms with E-state index in [2.05, 4.69) is 0 Å². The number of benzene rings is 1. The molecule has 20 heavy (non-hydrogen) atoms. The lowest BCUT2D eigenvalue weighted by molar-refractivity contribution is 0.149. The fourth-order valence-electron chi connectivity index (χ4n) is 1.66. The molecule has 1 aromatic carbocycles. The predicted molar refractivity (Wildman–Crippen MR) is 78.7 cm³/mol. The van der Waals surface area contributed by atoms with E-state index in [0.29, 0.717) is 0 Å². The van der Waals surface area contributed by atoms with Crippen molar-refractivity contribution in [1.82, 2.24) is 4.31 Å². The van der Waals surface area contributed by atoms with E-state index in [4.69, 9.17) is 27.9 Å². The normalized spacial score (nSPS) is 13.8. The van der Waals surface area contributed by atoms with Crippen LogP contribution in [-0.4, -0.2) is 44.6 Å². The predicted octanol–water partition coefficient (Wildman–Crippen LogP) is 2.14. The maximum Gasteiger partial charge on any atom is 0.244 e. The van der Waals surface area contributed by atoms with Gasteiger partial charge in [0.25, 0.3) is 0 Å². The van der Waals surface area contributed by atoms with Gasteiger partial charge in [0.1, 0.15) is 4.90 Å². The SMILES string of the molecule is COCC(C)N(C)S(=O)(=O)c1ccc(Cl)c(CO)c1Cl. The molecule has 0 aliphatic rings. The van der Waals surface area contributed by atoms with E-state index in [9.17, 15) is 13.5 Å². The van der Waals surface area contributed by atoms with Gasteiger partial charge in [0.05, 0.1) is 18.2 Å². The molecule has 0 bridgehead atoms. The summed E-state index contributed by atoms with van der Waals surface area (Å²) < 4.78 is 31.1. The Morgan fingerprint density at radius 3 is 2.50 bits per heavy atom. The molecule has 0 spiro atoms. The topological polar surface area (TPSA) is 66.8 Å². The summed E-state index contributed by atoms with van der Waals surface area (Å²) in [6.07, 6.45) is 0. The fourth-order valence-corrected chi connectivity index (χ4v) is 3.88. The first-order chi connectivity index (χ1) is 9.27. The van der Waals surface area contributed by atoms with Gasteiger partial charge in [-0.05, 0) is 19.1 Å². The van der Waals surface area contributed by atoms with Crippen molar-refractivity contribution in [2.75, 3.05) is 20.8 Å². The highest BCUT2D eigenvalue weighted by Gasteiger charge is 2.28. The first kappa shape index (κ1) is 17.7. The average molecular weight is 342 g/mol. The standard InChI is InChI=1S/C12H17Cl2NO4S/c1-8(7-19-3)15(2)20(17,18)11-5-4-10(13)9(6-16)12(11)14/h4-5,8,16H,6-7H2,1-3H3.